The Morgan fingerprint density at radius 2 is 2.22 bits per heavy atom. The van der Waals surface area contributed by atoms with Crippen LogP contribution >= 0.6 is 0 Å². The van der Waals surface area contributed by atoms with Crippen molar-refractivity contribution in [1.82, 2.24) is 14.9 Å². The zero-order chi connectivity index (χ0) is 13.1. The Bertz CT molecular complexity index is 499. The second kappa shape index (κ2) is 5.20. The molecule has 0 aliphatic carbocycles. The van der Waals surface area contributed by atoms with Gasteiger partial charge in [0.25, 0.3) is 5.56 Å². The van der Waals surface area contributed by atoms with Crippen molar-refractivity contribution in [3.05, 3.63) is 22.1 Å². The summed E-state index contributed by atoms with van der Waals surface area (Å²) in [4.78, 5) is 24.2. The van der Waals surface area contributed by atoms with Crippen LogP contribution in [-0.4, -0.2) is 33.9 Å². The standard InChI is InChI=1S/C12H19N5O/c1-8-3-5-17(6-4-8)11(13)16-12-14-9(2)7-10(18)15-12/h7-8H,3-6H2,1-2H3,(H3,13,14,15,16,18). The number of aryl methyl sites for hydroxylation is 1. The highest BCUT2D eigenvalue weighted by atomic mass is 16.1. The number of H-pyrrole nitrogens is 1. The SMILES string of the molecule is Cc1cc(=O)[nH]c(/N=C(\N)N2CCC(C)CC2)n1. The quantitative estimate of drug-likeness (QED) is 0.568. The van der Waals surface area contributed by atoms with Crippen LogP contribution in [0.1, 0.15) is 25.5 Å². The van der Waals surface area contributed by atoms with Gasteiger partial charge in [0.2, 0.25) is 5.95 Å². The second-order valence-electron chi connectivity index (χ2n) is 4.85. The van der Waals surface area contributed by atoms with E-state index in [0.717, 1.165) is 31.8 Å². The Labute approximate surface area is 106 Å². The van der Waals surface area contributed by atoms with Gasteiger partial charge >= 0.3 is 0 Å². The second-order valence-corrected chi connectivity index (χ2v) is 4.85. The summed E-state index contributed by atoms with van der Waals surface area (Å²) >= 11 is 0. The lowest BCUT2D eigenvalue weighted by Gasteiger charge is -2.30. The van der Waals surface area contributed by atoms with Crippen LogP contribution in [0.25, 0.3) is 0 Å². The fourth-order valence-electron chi connectivity index (χ4n) is 2.03. The van der Waals surface area contributed by atoms with E-state index in [0.29, 0.717) is 11.7 Å². The van der Waals surface area contributed by atoms with Gasteiger partial charge in [0.1, 0.15) is 0 Å². The molecule has 0 radical (unpaired) electrons. The largest absolute Gasteiger partial charge is 0.369 e. The molecule has 0 aromatic carbocycles. The van der Waals surface area contributed by atoms with E-state index >= 15 is 0 Å². The van der Waals surface area contributed by atoms with Crippen molar-refractivity contribution in [1.29, 1.82) is 0 Å². The van der Waals surface area contributed by atoms with Crippen LogP contribution in [0.15, 0.2) is 15.9 Å². The van der Waals surface area contributed by atoms with Gasteiger partial charge in [-0.15, -0.1) is 0 Å². The molecule has 1 aliphatic rings. The number of likely N-dealkylation sites (tertiary alicyclic amines) is 1. The average Bonchev–Trinajstić information content (AvgIpc) is 2.28. The van der Waals surface area contributed by atoms with Crippen LogP contribution in [0.2, 0.25) is 0 Å². The molecule has 98 valence electrons. The van der Waals surface area contributed by atoms with Crippen LogP contribution in [0, 0.1) is 12.8 Å². The predicted octanol–water partition coefficient (Wildman–Crippen LogP) is 0.756. The molecule has 3 N–H and O–H groups in total. The molecule has 0 amide bonds. The minimum Gasteiger partial charge on any atom is -0.369 e. The summed E-state index contributed by atoms with van der Waals surface area (Å²) in [7, 11) is 0. The Balaban J connectivity index is 2.14. The Kier molecular flexibility index (Phi) is 3.64. The number of guanidine groups is 1. The number of nitrogens with one attached hydrogen (secondary N) is 1. The number of hydrogen-bond acceptors (Lipinski definition) is 3. The molecule has 0 spiro atoms. The molecule has 2 heterocycles. The first-order chi connectivity index (χ1) is 8.54. The predicted molar refractivity (Wildman–Crippen MR) is 70.8 cm³/mol. The summed E-state index contributed by atoms with van der Waals surface area (Å²) in [5.74, 6) is 1.44. The summed E-state index contributed by atoms with van der Waals surface area (Å²) in [5, 5.41) is 0. The van der Waals surface area contributed by atoms with Crippen LogP contribution in [0.5, 0.6) is 0 Å². The van der Waals surface area contributed by atoms with Gasteiger partial charge in [-0.3, -0.25) is 9.78 Å². The van der Waals surface area contributed by atoms with Gasteiger partial charge in [-0.05, 0) is 25.7 Å². The van der Waals surface area contributed by atoms with Crippen LogP contribution in [-0.2, 0) is 0 Å². The first kappa shape index (κ1) is 12.6. The molecule has 2 rings (SSSR count). The number of nitrogens with zero attached hydrogens (tertiary/aromatic N) is 3. The molecular weight excluding hydrogens is 230 g/mol. The van der Waals surface area contributed by atoms with E-state index in [4.69, 9.17) is 5.73 Å². The van der Waals surface area contributed by atoms with E-state index in [-0.39, 0.29) is 11.5 Å². The number of rotatable bonds is 1. The van der Waals surface area contributed by atoms with E-state index in [1.165, 1.54) is 6.07 Å². The summed E-state index contributed by atoms with van der Waals surface area (Å²) in [6.07, 6.45) is 2.24. The lowest BCUT2D eigenvalue weighted by molar-refractivity contribution is 0.278. The molecule has 1 fully saturated rings. The van der Waals surface area contributed by atoms with Crippen molar-refractivity contribution in [2.24, 2.45) is 16.6 Å². The summed E-state index contributed by atoms with van der Waals surface area (Å²) in [6, 6.07) is 1.43. The van der Waals surface area contributed by atoms with Crippen LogP contribution in [0.4, 0.5) is 5.95 Å². The Morgan fingerprint density at radius 1 is 1.56 bits per heavy atom. The first-order valence-corrected chi connectivity index (χ1v) is 6.21. The summed E-state index contributed by atoms with van der Waals surface area (Å²) < 4.78 is 0. The van der Waals surface area contributed by atoms with E-state index in [2.05, 4.69) is 21.9 Å². The molecular formula is C12H19N5O. The maximum absolute atomic E-state index is 11.3. The van der Waals surface area contributed by atoms with Crippen LogP contribution in [0.3, 0.4) is 0 Å². The van der Waals surface area contributed by atoms with Crippen molar-refractivity contribution < 1.29 is 0 Å². The molecule has 1 aromatic rings. The molecule has 0 saturated carbocycles. The van der Waals surface area contributed by atoms with Crippen molar-refractivity contribution >= 4 is 11.9 Å². The number of nitrogens with two attached hydrogens (primary N) is 1. The maximum atomic E-state index is 11.3. The van der Waals surface area contributed by atoms with Gasteiger partial charge in [-0.1, -0.05) is 6.92 Å². The van der Waals surface area contributed by atoms with Gasteiger partial charge in [0.15, 0.2) is 5.96 Å². The Morgan fingerprint density at radius 3 is 2.83 bits per heavy atom. The molecule has 0 bridgehead atoms. The molecule has 1 aliphatic heterocycles. The highest BCUT2D eigenvalue weighted by Gasteiger charge is 2.17. The Hall–Kier alpha value is -1.85. The minimum absolute atomic E-state index is 0.207. The normalized spacial score (nSPS) is 18.1. The van der Waals surface area contributed by atoms with E-state index in [9.17, 15) is 4.79 Å². The molecule has 1 saturated heterocycles. The van der Waals surface area contributed by atoms with Crippen molar-refractivity contribution in [2.45, 2.75) is 26.7 Å². The number of aliphatic imine (C=N–C) groups is 1. The molecule has 18 heavy (non-hydrogen) atoms. The number of aromatic nitrogens is 2. The topological polar surface area (TPSA) is 87.4 Å². The maximum Gasteiger partial charge on any atom is 0.252 e. The number of hydrogen-bond donors (Lipinski definition) is 2. The average molecular weight is 249 g/mol. The van der Waals surface area contributed by atoms with Gasteiger partial charge in [-0.2, -0.15) is 4.99 Å². The first-order valence-electron chi connectivity index (χ1n) is 6.21. The van der Waals surface area contributed by atoms with Crippen LogP contribution < -0.4 is 11.3 Å². The number of aromatic amines is 1. The number of piperidine rings is 1. The summed E-state index contributed by atoms with van der Waals surface area (Å²) in [5.41, 5.74) is 6.37. The molecule has 0 atom stereocenters. The highest BCUT2D eigenvalue weighted by molar-refractivity contribution is 5.80. The van der Waals surface area contributed by atoms with E-state index in [1.54, 1.807) is 6.92 Å². The highest BCUT2D eigenvalue weighted by Crippen LogP contribution is 2.16. The van der Waals surface area contributed by atoms with Gasteiger partial charge in [0.05, 0.1) is 0 Å². The van der Waals surface area contributed by atoms with Gasteiger partial charge < -0.3 is 10.6 Å². The fraction of sp³-hybridized carbons (Fsp3) is 0.583. The van der Waals surface area contributed by atoms with Gasteiger partial charge in [-0.25, -0.2) is 4.98 Å². The van der Waals surface area contributed by atoms with Crippen molar-refractivity contribution in [3.8, 4) is 0 Å². The zero-order valence-corrected chi connectivity index (χ0v) is 10.8. The monoisotopic (exact) mass is 249 g/mol. The zero-order valence-electron chi connectivity index (χ0n) is 10.8. The molecule has 6 heteroatoms. The van der Waals surface area contributed by atoms with E-state index < -0.39 is 0 Å². The third kappa shape index (κ3) is 3.09. The third-order valence-corrected chi connectivity index (χ3v) is 3.19. The van der Waals surface area contributed by atoms with Gasteiger partial charge in [0, 0.05) is 24.8 Å². The lowest BCUT2D eigenvalue weighted by Crippen LogP contribution is -2.42. The van der Waals surface area contributed by atoms with Crippen molar-refractivity contribution in [3.63, 3.8) is 0 Å². The smallest absolute Gasteiger partial charge is 0.252 e. The fourth-order valence-corrected chi connectivity index (χ4v) is 2.03. The minimum atomic E-state index is -0.207. The molecule has 0 unspecified atom stereocenters. The summed E-state index contributed by atoms with van der Waals surface area (Å²) in [6.45, 7) is 5.82. The third-order valence-electron chi connectivity index (χ3n) is 3.19. The van der Waals surface area contributed by atoms with E-state index in [1.807, 2.05) is 4.90 Å². The molecule has 6 nitrogen and oxygen atoms in total. The lowest BCUT2D eigenvalue weighted by atomic mass is 10.00. The molecule has 1 aromatic heterocycles. The van der Waals surface area contributed by atoms with Crippen molar-refractivity contribution in [2.75, 3.05) is 13.1 Å².